The molecule has 0 N–H and O–H groups in total. The Kier molecular flexibility index (Phi) is 7.06. The van der Waals surface area contributed by atoms with E-state index in [9.17, 15) is 0 Å². The molecule has 0 radical (unpaired) electrons. The highest BCUT2D eigenvalue weighted by Gasteiger charge is 2.14. The molecule has 0 aliphatic heterocycles. The fourth-order valence-electron chi connectivity index (χ4n) is 2.47. The lowest BCUT2D eigenvalue weighted by molar-refractivity contribution is -0.0442. The Morgan fingerprint density at radius 1 is 0.957 bits per heavy atom. The lowest BCUT2D eigenvalue weighted by atomic mass is 10.2. The highest BCUT2D eigenvalue weighted by molar-refractivity contribution is 6.30. The lowest BCUT2D eigenvalue weighted by Crippen LogP contribution is -2.28. The number of benzene rings is 2. The summed E-state index contributed by atoms with van der Waals surface area (Å²) in [7, 11) is 6.16. The van der Waals surface area contributed by atoms with Crippen molar-refractivity contribution in [3.8, 4) is 0 Å². The summed E-state index contributed by atoms with van der Waals surface area (Å²) in [6.07, 6.45) is -0.0580. The van der Waals surface area contributed by atoms with Crippen molar-refractivity contribution in [2.24, 2.45) is 0 Å². The van der Waals surface area contributed by atoms with Gasteiger partial charge in [-0.2, -0.15) is 0 Å². The molecule has 0 spiro atoms. The maximum atomic E-state index is 6.08. The number of likely N-dealkylation sites (N-methyl/N-ethyl adjacent to an activating group) is 1. The van der Waals surface area contributed by atoms with E-state index in [4.69, 9.17) is 16.3 Å². The van der Waals surface area contributed by atoms with Gasteiger partial charge in [0.25, 0.3) is 0 Å². The Balaban J connectivity index is 1.83. The first-order chi connectivity index (χ1) is 11.1. The second-order valence-electron chi connectivity index (χ2n) is 5.96. The molecule has 124 valence electrons. The van der Waals surface area contributed by atoms with Crippen LogP contribution in [0, 0.1) is 0 Å². The quantitative estimate of drug-likeness (QED) is 0.678. The van der Waals surface area contributed by atoms with Crippen LogP contribution >= 0.6 is 11.6 Å². The summed E-state index contributed by atoms with van der Waals surface area (Å²) in [6, 6.07) is 18.3. The van der Waals surface area contributed by atoms with Gasteiger partial charge in [-0.1, -0.05) is 54.1 Å². The van der Waals surface area contributed by atoms with E-state index < -0.39 is 0 Å². The molecule has 0 aromatic heterocycles. The highest BCUT2D eigenvalue weighted by Crippen LogP contribution is 2.21. The Bertz CT molecular complexity index is 572. The fourth-order valence-corrected chi connectivity index (χ4v) is 2.59. The van der Waals surface area contributed by atoms with E-state index in [1.54, 1.807) is 0 Å². The van der Waals surface area contributed by atoms with Crippen molar-refractivity contribution in [3.05, 3.63) is 70.7 Å². The van der Waals surface area contributed by atoms with Crippen molar-refractivity contribution in [1.29, 1.82) is 0 Å². The summed E-state index contributed by atoms with van der Waals surface area (Å²) < 4.78 is 6.08. The monoisotopic (exact) mass is 332 g/mol. The van der Waals surface area contributed by atoms with Gasteiger partial charge in [-0.3, -0.25) is 9.80 Å². The number of rotatable bonds is 8. The molecule has 3 nitrogen and oxygen atoms in total. The zero-order valence-corrected chi connectivity index (χ0v) is 14.8. The third kappa shape index (κ3) is 5.96. The van der Waals surface area contributed by atoms with Crippen LogP contribution in [-0.2, 0) is 11.3 Å². The summed E-state index contributed by atoms with van der Waals surface area (Å²) >= 11 is 5.96. The summed E-state index contributed by atoms with van der Waals surface area (Å²) in [5.41, 5.74) is 2.43. The van der Waals surface area contributed by atoms with E-state index in [0.29, 0.717) is 6.61 Å². The van der Waals surface area contributed by atoms with Crippen LogP contribution in [0.4, 0.5) is 0 Å². The van der Waals surface area contributed by atoms with Gasteiger partial charge in [0.2, 0.25) is 0 Å². The van der Waals surface area contributed by atoms with Crippen LogP contribution < -0.4 is 0 Å². The largest absolute Gasteiger partial charge is 0.358 e. The summed E-state index contributed by atoms with van der Waals surface area (Å²) in [5, 5.41) is 0.744. The molecule has 2 rings (SSSR count). The van der Waals surface area contributed by atoms with E-state index in [0.717, 1.165) is 23.7 Å². The molecule has 1 atom stereocenters. The molecule has 23 heavy (non-hydrogen) atoms. The van der Waals surface area contributed by atoms with Crippen LogP contribution in [0.5, 0.6) is 0 Å². The van der Waals surface area contributed by atoms with Crippen LogP contribution in [0.1, 0.15) is 17.4 Å². The third-order valence-electron chi connectivity index (χ3n) is 3.67. The number of nitrogens with zero attached hydrogens (tertiary/aromatic N) is 2. The topological polar surface area (TPSA) is 15.7 Å². The van der Waals surface area contributed by atoms with Crippen LogP contribution in [0.3, 0.4) is 0 Å². The maximum Gasteiger partial charge on any atom is 0.136 e. The molecule has 0 heterocycles. The minimum absolute atomic E-state index is 0.0580. The number of hydrogen-bond acceptors (Lipinski definition) is 3. The Labute approximate surface area is 144 Å². The average molecular weight is 333 g/mol. The van der Waals surface area contributed by atoms with E-state index in [1.807, 2.05) is 44.4 Å². The van der Waals surface area contributed by atoms with Gasteiger partial charge in [-0.15, -0.1) is 0 Å². The second kappa shape index (κ2) is 9.04. The third-order valence-corrected chi connectivity index (χ3v) is 3.92. The molecule has 0 saturated carbocycles. The van der Waals surface area contributed by atoms with Gasteiger partial charge in [-0.25, -0.2) is 0 Å². The summed E-state index contributed by atoms with van der Waals surface area (Å²) in [5.74, 6) is 0. The molecular formula is C19H25ClN2O. The van der Waals surface area contributed by atoms with Crippen LogP contribution in [-0.4, -0.2) is 44.1 Å². The minimum Gasteiger partial charge on any atom is -0.358 e. The van der Waals surface area contributed by atoms with Gasteiger partial charge in [0.15, 0.2) is 0 Å². The standard InChI is InChI=1S/C19H25ClN2O/c1-21(2)19(17-9-11-18(20)12-10-17)23-14-13-22(3)15-16-7-5-4-6-8-16/h4-12,19H,13-15H2,1-3H3. The normalized spacial score (nSPS) is 12.8. The van der Waals surface area contributed by atoms with E-state index in [1.165, 1.54) is 5.56 Å². The summed E-state index contributed by atoms with van der Waals surface area (Å²) in [4.78, 5) is 4.34. The van der Waals surface area contributed by atoms with Crippen molar-refractivity contribution in [2.45, 2.75) is 12.8 Å². The number of ether oxygens (including phenoxy) is 1. The van der Waals surface area contributed by atoms with Crippen molar-refractivity contribution in [1.82, 2.24) is 9.80 Å². The van der Waals surface area contributed by atoms with Crippen LogP contribution in [0.25, 0.3) is 0 Å². The average Bonchev–Trinajstić information content (AvgIpc) is 2.53. The van der Waals surface area contributed by atoms with Crippen LogP contribution in [0.2, 0.25) is 5.02 Å². The summed E-state index contributed by atoms with van der Waals surface area (Å²) in [6.45, 7) is 2.49. The van der Waals surface area contributed by atoms with Gasteiger partial charge >= 0.3 is 0 Å². The van der Waals surface area contributed by atoms with Gasteiger partial charge in [0.1, 0.15) is 6.23 Å². The molecule has 0 aliphatic carbocycles. The van der Waals surface area contributed by atoms with Crippen molar-refractivity contribution in [2.75, 3.05) is 34.3 Å². The van der Waals surface area contributed by atoms with Crippen molar-refractivity contribution >= 4 is 11.6 Å². The molecule has 4 heteroatoms. The molecule has 0 aliphatic rings. The van der Waals surface area contributed by atoms with Gasteiger partial charge in [0, 0.05) is 18.1 Å². The van der Waals surface area contributed by atoms with Crippen LogP contribution in [0.15, 0.2) is 54.6 Å². The lowest BCUT2D eigenvalue weighted by Gasteiger charge is -2.26. The zero-order valence-electron chi connectivity index (χ0n) is 14.1. The molecule has 0 saturated heterocycles. The van der Waals surface area contributed by atoms with Gasteiger partial charge in [-0.05, 0) is 44.4 Å². The van der Waals surface area contributed by atoms with Crippen molar-refractivity contribution in [3.63, 3.8) is 0 Å². The first-order valence-corrected chi connectivity index (χ1v) is 8.20. The molecule has 0 fully saturated rings. The minimum atomic E-state index is -0.0580. The second-order valence-corrected chi connectivity index (χ2v) is 6.40. The highest BCUT2D eigenvalue weighted by atomic mass is 35.5. The molecular weight excluding hydrogens is 308 g/mol. The number of hydrogen-bond donors (Lipinski definition) is 0. The fraction of sp³-hybridized carbons (Fsp3) is 0.368. The van der Waals surface area contributed by atoms with Gasteiger partial charge in [0.05, 0.1) is 6.61 Å². The molecule has 2 aromatic rings. The molecule has 1 unspecified atom stereocenters. The molecule has 0 bridgehead atoms. The Morgan fingerprint density at radius 2 is 1.61 bits per heavy atom. The van der Waals surface area contributed by atoms with E-state index >= 15 is 0 Å². The predicted molar refractivity (Wildman–Crippen MR) is 96.6 cm³/mol. The predicted octanol–water partition coefficient (Wildman–Crippen LogP) is 4.05. The molecule has 0 amide bonds. The first kappa shape index (κ1) is 18.0. The van der Waals surface area contributed by atoms with E-state index in [-0.39, 0.29) is 6.23 Å². The zero-order chi connectivity index (χ0) is 16.7. The smallest absolute Gasteiger partial charge is 0.136 e. The van der Waals surface area contributed by atoms with E-state index in [2.05, 4.69) is 41.1 Å². The van der Waals surface area contributed by atoms with Gasteiger partial charge < -0.3 is 4.74 Å². The first-order valence-electron chi connectivity index (χ1n) is 7.82. The molecule has 2 aromatic carbocycles. The SMILES string of the molecule is CN(CCOC(c1ccc(Cl)cc1)N(C)C)Cc1ccccc1. The Hall–Kier alpha value is -1.39. The Morgan fingerprint density at radius 3 is 2.22 bits per heavy atom. The van der Waals surface area contributed by atoms with Crippen molar-refractivity contribution < 1.29 is 4.74 Å². The number of halogens is 1. The maximum absolute atomic E-state index is 6.08.